The molecule has 0 saturated heterocycles. The lowest BCUT2D eigenvalue weighted by atomic mass is 10.0. The van der Waals surface area contributed by atoms with E-state index in [0.717, 1.165) is 6.07 Å². The van der Waals surface area contributed by atoms with E-state index >= 15 is 0 Å². The standard InChI is InChI=1S/C16H13F5O4/c1-2-5-10-6-3-7-11(12(10)13(22)23)14(24)25-9-4-8-15(17,18)16(19,20)21/h3,6-7H,4,8-9H2,1H3,(H,22,23). The van der Waals surface area contributed by atoms with Gasteiger partial charge in [0.1, 0.15) is 0 Å². The number of hydrogen-bond acceptors (Lipinski definition) is 3. The summed E-state index contributed by atoms with van der Waals surface area (Å²) in [6, 6.07) is 3.85. The molecule has 0 atom stereocenters. The minimum atomic E-state index is -5.68. The van der Waals surface area contributed by atoms with Crippen LogP contribution in [0.2, 0.25) is 0 Å². The van der Waals surface area contributed by atoms with Crippen LogP contribution in [0.5, 0.6) is 0 Å². The number of rotatable bonds is 6. The lowest BCUT2D eigenvalue weighted by Crippen LogP contribution is -2.36. The van der Waals surface area contributed by atoms with Crippen LogP contribution in [0.25, 0.3) is 0 Å². The Kier molecular flexibility index (Phi) is 6.50. The molecule has 136 valence electrons. The molecule has 1 aromatic rings. The largest absolute Gasteiger partial charge is 0.478 e. The molecule has 0 amide bonds. The number of ether oxygens (including phenoxy) is 1. The van der Waals surface area contributed by atoms with Gasteiger partial charge in [-0.15, -0.1) is 5.92 Å². The van der Waals surface area contributed by atoms with E-state index in [0.29, 0.717) is 0 Å². The molecule has 4 nitrogen and oxygen atoms in total. The van der Waals surface area contributed by atoms with Crippen molar-refractivity contribution in [3.63, 3.8) is 0 Å². The maximum atomic E-state index is 12.7. The molecular formula is C16H13F5O4. The minimum absolute atomic E-state index is 0.0491. The van der Waals surface area contributed by atoms with Crippen LogP contribution in [0.1, 0.15) is 46.0 Å². The third-order valence-corrected chi connectivity index (χ3v) is 3.04. The number of carbonyl (C=O) groups excluding carboxylic acids is 1. The van der Waals surface area contributed by atoms with Crippen LogP contribution in [0.4, 0.5) is 22.0 Å². The molecule has 0 aromatic heterocycles. The summed E-state index contributed by atoms with van der Waals surface area (Å²) in [5.74, 6) is -2.52. The monoisotopic (exact) mass is 364 g/mol. The number of benzene rings is 1. The van der Waals surface area contributed by atoms with Crippen LogP contribution in [0.3, 0.4) is 0 Å². The summed E-state index contributed by atoms with van der Waals surface area (Å²) < 4.78 is 66.1. The molecule has 0 saturated carbocycles. The predicted octanol–water partition coefficient (Wildman–Crippen LogP) is 3.89. The first-order chi connectivity index (χ1) is 11.5. The molecule has 25 heavy (non-hydrogen) atoms. The Labute approximate surface area is 139 Å². The van der Waals surface area contributed by atoms with Crippen molar-refractivity contribution in [1.29, 1.82) is 0 Å². The third-order valence-electron chi connectivity index (χ3n) is 3.04. The first-order valence-corrected chi connectivity index (χ1v) is 6.92. The zero-order valence-electron chi connectivity index (χ0n) is 12.9. The molecule has 0 aliphatic heterocycles. The molecule has 0 aliphatic rings. The van der Waals surface area contributed by atoms with Gasteiger partial charge in [-0.1, -0.05) is 12.0 Å². The van der Waals surface area contributed by atoms with Crippen molar-refractivity contribution < 1.29 is 41.4 Å². The molecule has 0 fully saturated rings. The van der Waals surface area contributed by atoms with Crippen LogP contribution in [-0.2, 0) is 4.74 Å². The Morgan fingerprint density at radius 3 is 2.36 bits per heavy atom. The summed E-state index contributed by atoms with van der Waals surface area (Å²) in [6.45, 7) is 0.741. The lowest BCUT2D eigenvalue weighted by Gasteiger charge is -2.19. The molecule has 1 N–H and O–H groups in total. The molecule has 1 aromatic carbocycles. The average molecular weight is 364 g/mol. The van der Waals surface area contributed by atoms with E-state index in [2.05, 4.69) is 16.6 Å². The van der Waals surface area contributed by atoms with Gasteiger partial charge >= 0.3 is 24.0 Å². The van der Waals surface area contributed by atoms with Gasteiger partial charge in [0.15, 0.2) is 0 Å². The molecule has 0 unspecified atom stereocenters. The van der Waals surface area contributed by atoms with E-state index in [9.17, 15) is 36.6 Å². The molecule has 0 heterocycles. The summed E-state index contributed by atoms with van der Waals surface area (Å²) >= 11 is 0. The fraction of sp³-hybridized carbons (Fsp3) is 0.375. The lowest BCUT2D eigenvalue weighted by molar-refractivity contribution is -0.284. The van der Waals surface area contributed by atoms with Gasteiger partial charge in [0, 0.05) is 12.0 Å². The Morgan fingerprint density at radius 1 is 1.20 bits per heavy atom. The van der Waals surface area contributed by atoms with Crippen molar-refractivity contribution in [2.75, 3.05) is 6.61 Å². The molecule has 0 spiro atoms. The Morgan fingerprint density at radius 2 is 1.84 bits per heavy atom. The molecule has 1 rings (SSSR count). The normalized spacial score (nSPS) is 11.4. The van der Waals surface area contributed by atoms with Gasteiger partial charge < -0.3 is 9.84 Å². The summed E-state index contributed by atoms with van der Waals surface area (Å²) in [6.07, 6.45) is -7.97. The van der Waals surface area contributed by atoms with Gasteiger partial charge in [0.05, 0.1) is 17.7 Å². The molecule has 0 aliphatic carbocycles. The number of halogens is 5. The highest BCUT2D eigenvalue weighted by atomic mass is 19.4. The summed E-state index contributed by atoms with van der Waals surface area (Å²) in [5, 5.41) is 9.19. The van der Waals surface area contributed by atoms with Crippen molar-refractivity contribution in [2.24, 2.45) is 0 Å². The van der Waals surface area contributed by atoms with Crippen molar-refractivity contribution >= 4 is 11.9 Å². The van der Waals surface area contributed by atoms with Gasteiger partial charge in [0.2, 0.25) is 0 Å². The fourth-order valence-electron chi connectivity index (χ4n) is 1.87. The van der Waals surface area contributed by atoms with Crippen molar-refractivity contribution in [1.82, 2.24) is 0 Å². The Hall–Kier alpha value is -2.63. The van der Waals surface area contributed by atoms with Crippen LogP contribution >= 0.6 is 0 Å². The molecule has 9 heteroatoms. The number of carbonyl (C=O) groups is 2. The van der Waals surface area contributed by atoms with Gasteiger partial charge in [-0.25, -0.2) is 9.59 Å². The van der Waals surface area contributed by atoms with Gasteiger partial charge in [-0.2, -0.15) is 22.0 Å². The van der Waals surface area contributed by atoms with Crippen LogP contribution in [0.15, 0.2) is 18.2 Å². The molecule has 0 radical (unpaired) electrons. The summed E-state index contributed by atoms with van der Waals surface area (Å²) in [4.78, 5) is 23.2. The number of esters is 1. The topological polar surface area (TPSA) is 63.6 Å². The highest BCUT2D eigenvalue weighted by Gasteiger charge is 2.56. The quantitative estimate of drug-likeness (QED) is 0.360. The average Bonchev–Trinajstić information content (AvgIpc) is 2.50. The number of aromatic carboxylic acids is 1. The van der Waals surface area contributed by atoms with Crippen LogP contribution in [-0.4, -0.2) is 35.8 Å². The zero-order valence-corrected chi connectivity index (χ0v) is 12.9. The summed E-state index contributed by atoms with van der Waals surface area (Å²) in [5.41, 5.74) is -0.745. The second-order valence-corrected chi connectivity index (χ2v) is 4.85. The first-order valence-electron chi connectivity index (χ1n) is 6.92. The van der Waals surface area contributed by atoms with Gasteiger partial charge in [0.25, 0.3) is 0 Å². The van der Waals surface area contributed by atoms with E-state index in [-0.39, 0.29) is 11.1 Å². The van der Waals surface area contributed by atoms with Gasteiger partial charge in [-0.05, 0) is 25.5 Å². The van der Waals surface area contributed by atoms with Gasteiger partial charge in [-0.3, -0.25) is 0 Å². The highest BCUT2D eigenvalue weighted by Crippen LogP contribution is 2.38. The highest BCUT2D eigenvalue weighted by molar-refractivity contribution is 6.04. The molecule has 0 bridgehead atoms. The number of carboxylic acids is 1. The minimum Gasteiger partial charge on any atom is -0.478 e. The number of carboxylic acid groups (broad SMARTS) is 1. The fourth-order valence-corrected chi connectivity index (χ4v) is 1.87. The number of hydrogen-bond donors (Lipinski definition) is 1. The smallest absolute Gasteiger partial charge is 0.453 e. The maximum absolute atomic E-state index is 12.7. The van der Waals surface area contributed by atoms with E-state index in [1.165, 1.54) is 19.1 Å². The van der Waals surface area contributed by atoms with E-state index in [1.807, 2.05) is 0 Å². The maximum Gasteiger partial charge on any atom is 0.453 e. The zero-order chi connectivity index (χ0) is 19.3. The first kappa shape index (κ1) is 20.4. The number of alkyl halides is 5. The van der Waals surface area contributed by atoms with Crippen molar-refractivity contribution in [3.8, 4) is 11.8 Å². The summed E-state index contributed by atoms with van der Waals surface area (Å²) in [7, 11) is 0. The van der Waals surface area contributed by atoms with E-state index in [4.69, 9.17) is 0 Å². The Balaban J connectivity index is 2.81. The third kappa shape index (κ3) is 5.17. The molecular weight excluding hydrogens is 351 g/mol. The van der Waals surface area contributed by atoms with E-state index < -0.39 is 49.0 Å². The van der Waals surface area contributed by atoms with Crippen LogP contribution < -0.4 is 0 Å². The second kappa shape index (κ2) is 7.96. The van der Waals surface area contributed by atoms with Crippen molar-refractivity contribution in [2.45, 2.75) is 31.9 Å². The Bertz CT molecular complexity index is 713. The SMILES string of the molecule is CC#Cc1cccc(C(=O)OCCCC(F)(F)C(F)(F)F)c1C(=O)O. The second-order valence-electron chi connectivity index (χ2n) is 4.85. The van der Waals surface area contributed by atoms with E-state index in [1.54, 1.807) is 0 Å². The van der Waals surface area contributed by atoms with Crippen LogP contribution in [0, 0.1) is 11.8 Å². The van der Waals surface area contributed by atoms with Crippen molar-refractivity contribution in [3.05, 3.63) is 34.9 Å². The predicted molar refractivity (Wildman–Crippen MR) is 76.5 cm³/mol.